The van der Waals surface area contributed by atoms with Gasteiger partial charge in [0.25, 0.3) is 0 Å². The summed E-state index contributed by atoms with van der Waals surface area (Å²) in [7, 11) is 5.52. The maximum atomic E-state index is 12.8. The molecular weight excluding hydrogens is 775 g/mol. The maximum Gasteiger partial charge on any atom is 0.362 e. The molecule has 0 aliphatic carbocycles. The molecule has 2 unspecified atom stereocenters. The topological polar surface area (TPSA) is 99.1 Å². The zero-order chi connectivity index (χ0) is 45.6. The Bertz CT molecular complexity index is 1200. The van der Waals surface area contributed by atoms with Crippen LogP contribution in [0.5, 0.6) is 0 Å². The highest BCUT2D eigenvalue weighted by molar-refractivity contribution is 5.72. The summed E-state index contributed by atoms with van der Waals surface area (Å²) in [5.41, 5.74) is 0. The van der Waals surface area contributed by atoms with Crippen LogP contribution in [0.3, 0.4) is 0 Å². The number of quaternary nitrogens is 1. The Labute approximate surface area is 381 Å². The highest BCUT2D eigenvalue weighted by Crippen LogP contribution is 2.16. The monoisotopic (exact) mass is 871 g/mol. The third kappa shape index (κ3) is 42.3. The number of esters is 2. The first-order valence-electron chi connectivity index (χ1n) is 25.4. The molecule has 0 aromatic heterocycles. The van der Waals surface area contributed by atoms with Crippen molar-refractivity contribution >= 4 is 17.9 Å². The summed E-state index contributed by atoms with van der Waals surface area (Å²) < 4.78 is 17.3. The molecule has 0 aliphatic rings. The lowest BCUT2D eigenvalue weighted by molar-refractivity contribution is -0.887. The molecule has 0 fully saturated rings. The van der Waals surface area contributed by atoms with Gasteiger partial charge in [0.15, 0.2) is 12.1 Å². The van der Waals surface area contributed by atoms with Crippen LogP contribution in [0.25, 0.3) is 0 Å². The molecule has 0 aliphatic heterocycles. The van der Waals surface area contributed by atoms with Crippen LogP contribution in [0.15, 0.2) is 60.8 Å². The largest absolute Gasteiger partial charge is 0.477 e. The standard InChI is InChI=1S/C54H95NO7/c1-6-8-10-12-14-16-18-20-22-23-24-25-26-27-28-29-31-33-35-37-39-41-43-45-53(57)62-50(48-60-47-46-51(54(58)59)55(3,4)5)49-61-52(56)44-42-40-38-36-34-32-30-21-19-17-15-13-11-9-7-2/h9,11,13,15,17,19,21,30,32,34,50-51H,6-8,10,12,14,16,18,20,22-29,31,33,35-49H2,1-5H3/p+1/b11-9+,15-13+,19-17+,30-21+,34-32+. The fraction of sp³-hybridized carbons (Fsp3) is 0.759. The average molecular weight is 871 g/mol. The molecule has 8 nitrogen and oxygen atoms in total. The molecule has 62 heavy (non-hydrogen) atoms. The van der Waals surface area contributed by atoms with Crippen molar-refractivity contribution in [3.63, 3.8) is 0 Å². The summed E-state index contributed by atoms with van der Waals surface area (Å²) in [6.45, 7) is 4.57. The number of rotatable bonds is 45. The van der Waals surface area contributed by atoms with E-state index in [0.717, 1.165) is 51.4 Å². The number of carbonyl (C=O) groups excluding carboxylic acids is 2. The van der Waals surface area contributed by atoms with Crippen LogP contribution in [0, 0.1) is 0 Å². The zero-order valence-electron chi connectivity index (χ0n) is 40.8. The van der Waals surface area contributed by atoms with E-state index in [2.05, 4.69) is 26.0 Å². The molecule has 0 saturated carbocycles. The van der Waals surface area contributed by atoms with E-state index in [-0.39, 0.29) is 36.2 Å². The predicted molar refractivity (Wildman–Crippen MR) is 261 cm³/mol. The van der Waals surface area contributed by atoms with Gasteiger partial charge < -0.3 is 23.8 Å². The van der Waals surface area contributed by atoms with Gasteiger partial charge in [-0.3, -0.25) is 9.59 Å². The fourth-order valence-electron chi connectivity index (χ4n) is 7.41. The maximum absolute atomic E-state index is 12.8. The number of hydrogen-bond acceptors (Lipinski definition) is 6. The van der Waals surface area contributed by atoms with Gasteiger partial charge in [-0.25, -0.2) is 4.79 Å². The molecule has 8 heteroatoms. The quantitative estimate of drug-likeness (QED) is 0.0282. The molecule has 0 rings (SSSR count). The molecule has 0 aromatic carbocycles. The Kier molecular flexibility index (Phi) is 42.5. The van der Waals surface area contributed by atoms with Gasteiger partial charge in [-0.15, -0.1) is 0 Å². The molecule has 0 heterocycles. The number of carboxylic acids is 1. The highest BCUT2D eigenvalue weighted by atomic mass is 16.6. The number of carbonyl (C=O) groups is 3. The van der Waals surface area contributed by atoms with Gasteiger partial charge >= 0.3 is 17.9 Å². The van der Waals surface area contributed by atoms with Crippen molar-refractivity contribution in [3.8, 4) is 0 Å². The van der Waals surface area contributed by atoms with Crippen LogP contribution in [-0.4, -0.2) is 80.6 Å². The second kappa shape index (κ2) is 44.6. The minimum Gasteiger partial charge on any atom is -0.477 e. The van der Waals surface area contributed by atoms with Gasteiger partial charge in [-0.2, -0.15) is 0 Å². The number of ether oxygens (including phenoxy) is 3. The lowest BCUT2D eigenvalue weighted by Gasteiger charge is -2.31. The number of allylic oxidation sites excluding steroid dienone is 10. The van der Waals surface area contributed by atoms with E-state index in [4.69, 9.17) is 14.2 Å². The number of likely N-dealkylation sites (N-methyl/N-ethyl adjacent to an activating group) is 1. The summed E-state index contributed by atoms with van der Waals surface area (Å²) in [5.74, 6) is -1.52. The Morgan fingerprint density at radius 1 is 0.500 bits per heavy atom. The predicted octanol–water partition coefficient (Wildman–Crippen LogP) is 14.5. The van der Waals surface area contributed by atoms with Crippen molar-refractivity contribution in [1.82, 2.24) is 0 Å². The molecule has 0 radical (unpaired) electrons. The Morgan fingerprint density at radius 3 is 1.34 bits per heavy atom. The van der Waals surface area contributed by atoms with E-state index in [1.54, 1.807) is 0 Å². The average Bonchev–Trinajstić information content (AvgIpc) is 3.23. The zero-order valence-corrected chi connectivity index (χ0v) is 40.8. The Hall–Kier alpha value is -2.97. The molecule has 1 N–H and O–H groups in total. The summed E-state index contributed by atoms with van der Waals surface area (Å²) in [5, 5.41) is 9.64. The molecule has 358 valence electrons. The first kappa shape index (κ1) is 59.0. The number of carboxylic acid groups (broad SMARTS) is 1. The van der Waals surface area contributed by atoms with E-state index in [1.807, 2.05) is 69.8 Å². The number of hydrogen-bond donors (Lipinski definition) is 1. The minimum absolute atomic E-state index is 0.0471. The van der Waals surface area contributed by atoms with Crippen molar-refractivity contribution in [3.05, 3.63) is 60.8 Å². The summed E-state index contributed by atoms with van der Waals surface area (Å²) in [4.78, 5) is 37.1. The van der Waals surface area contributed by atoms with Crippen LogP contribution in [0.1, 0.15) is 213 Å². The Balaban J connectivity index is 4.24. The number of unbranched alkanes of at least 4 members (excludes halogenated alkanes) is 25. The van der Waals surface area contributed by atoms with Gasteiger partial charge in [0.2, 0.25) is 0 Å². The van der Waals surface area contributed by atoms with Crippen LogP contribution in [0.4, 0.5) is 0 Å². The van der Waals surface area contributed by atoms with Gasteiger partial charge in [0.1, 0.15) is 6.61 Å². The highest BCUT2D eigenvalue weighted by Gasteiger charge is 2.31. The van der Waals surface area contributed by atoms with Crippen molar-refractivity contribution in [1.29, 1.82) is 0 Å². The number of nitrogens with zero attached hydrogens (tertiary/aromatic N) is 1. The lowest BCUT2D eigenvalue weighted by atomic mass is 10.0. The molecule has 0 spiro atoms. The third-order valence-electron chi connectivity index (χ3n) is 11.3. The molecule has 0 saturated heterocycles. The van der Waals surface area contributed by atoms with Gasteiger partial charge in [0.05, 0.1) is 34.4 Å². The fourth-order valence-corrected chi connectivity index (χ4v) is 7.41. The van der Waals surface area contributed by atoms with Gasteiger partial charge in [-0.1, -0.05) is 222 Å². The minimum atomic E-state index is -0.881. The van der Waals surface area contributed by atoms with Crippen LogP contribution in [0.2, 0.25) is 0 Å². The van der Waals surface area contributed by atoms with E-state index >= 15 is 0 Å². The number of aliphatic carboxylic acids is 1. The summed E-state index contributed by atoms with van der Waals surface area (Å²) >= 11 is 0. The molecule has 0 bridgehead atoms. The van der Waals surface area contributed by atoms with Crippen LogP contribution < -0.4 is 0 Å². The second-order valence-corrected chi connectivity index (χ2v) is 18.2. The SMILES string of the molecule is CC/C=C/C=C/C=C/C=C/C=C/CCCCCC(=O)OCC(COCCC(C(=O)O)[N+](C)(C)C)OC(=O)CCCCCCCCCCCCCCCCCCCCCCCCC. The third-order valence-corrected chi connectivity index (χ3v) is 11.3. The van der Waals surface area contributed by atoms with E-state index in [1.165, 1.54) is 128 Å². The molecule has 2 atom stereocenters. The van der Waals surface area contributed by atoms with E-state index in [9.17, 15) is 19.5 Å². The first-order valence-corrected chi connectivity index (χ1v) is 25.4. The molecule has 0 aromatic rings. The molecular formula is C54H96NO7+. The van der Waals surface area contributed by atoms with Crippen molar-refractivity contribution < 1.29 is 38.2 Å². The summed E-state index contributed by atoms with van der Waals surface area (Å²) in [6, 6.07) is -0.623. The van der Waals surface area contributed by atoms with Crippen LogP contribution in [-0.2, 0) is 28.6 Å². The van der Waals surface area contributed by atoms with Crippen molar-refractivity contribution in [2.45, 2.75) is 225 Å². The normalized spacial score (nSPS) is 13.4. The Morgan fingerprint density at radius 2 is 0.903 bits per heavy atom. The first-order chi connectivity index (χ1) is 30.1. The smallest absolute Gasteiger partial charge is 0.362 e. The summed E-state index contributed by atoms with van der Waals surface area (Å²) in [6.07, 6.45) is 55.7. The van der Waals surface area contributed by atoms with Crippen LogP contribution >= 0.6 is 0 Å². The van der Waals surface area contributed by atoms with Crippen molar-refractivity contribution in [2.24, 2.45) is 0 Å². The van der Waals surface area contributed by atoms with E-state index < -0.39 is 18.1 Å². The van der Waals surface area contributed by atoms with Gasteiger partial charge in [-0.05, 0) is 32.1 Å². The second-order valence-electron chi connectivity index (χ2n) is 18.2. The van der Waals surface area contributed by atoms with Gasteiger partial charge in [0, 0.05) is 19.3 Å². The lowest BCUT2D eigenvalue weighted by Crippen LogP contribution is -2.50. The van der Waals surface area contributed by atoms with Crippen molar-refractivity contribution in [2.75, 3.05) is 41.0 Å². The van der Waals surface area contributed by atoms with E-state index in [0.29, 0.717) is 19.3 Å². The molecule has 0 amide bonds.